The summed E-state index contributed by atoms with van der Waals surface area (Å²) in [5, 5.41) is 12.8. The van der Waals surface area contributed by atoms with Gasteiger partial charge in [-0.25, -0.2) is 0 Å². The van der Waals surface area contributed by atoms with Crippen molar-refractivity contribution < 1.29 is 27.8 Å². The average Bonchev–Trinajstić information content (AvgIpc) is 2.77. The largest absolute Gasteiger partial charge is 0.466 e. The van der Waals surface area contributed by atoms with Gasteiger partial charge in [0.2, 0.25) is 0 Å². The molecule has 2 rings (SSSR count). The number of ether oxygens (including phenoxy) is 1. The van der Waals surface area contributed by atoms with Crippen LogP contribution in [0.15, 0.2) is 28.7 Å². The number of hydrogen-bond donors (Lipinski definition) is 2. The first kappa shape index (κ1) is 17.9. The number of aliphatic hydroxyl groups excluding tert-OH is 1. The highest BCUT2D eigenvalue weighted by atomic mass is 19.3. The van der Waals surface area contributed by atoms with Crippen molar-refractivity contribution in [3.05, 3.63) is 52.5 Å². The van der Waals surface area contributed by atoms with E-state index in [1.165, 1.54) is 18.2 Å². The van der Waals surface area contributed by atoms with E-state index in [1.807, 2.05) is 0 Å². The molecule has 0 aliphatic rings. The van der Waals surface area contributed by atoms with E-state index >= 15 is 0 Å². The smallest absolute Gasteiger partial charge is 0.387 e. The van der Waals surface area contributed by atoms with Gasteiger partial charge in [-0.1, -0.05) is 12.1 Å². The highest BCUT2D eigenvalue weighted by Gasteiger charge is 2.19. The molecule has 1 unspecified atom stereocenters. The molecule has 1 atom stereocenters. The first-order valence-corrected chi connectivity index (χ1v) is 7.37. The van der Waals surface area contributed by atoms with Crippen LogP contribution in [0.2, 0.25) is 0 Å². The normalized spacial score (nSPS) is 12.3. The Balaban J connectivity index is 2.02. The number of nitrogens with one attached hydrogen (secondary N) is 1. The molecule has 7 heteroatoms. The minimum atomic E-state index is -2.94. The fraction of sp³-hybridized carbons (Fsp3) is 0.353. The molecule has 0 fully saturated rings. The monoisotopic (exact) mass is 339 g/mol. The number of benzene rings is 1. The number of halogens is 2. The average molecular weight is 339 g/mol. The third-order valence-electron chi connectivity index (χ3n) is 3.71. The van der Waals surface area contributed by atoms with Crippen molar-refractivity contribution in [3.8, 4) is 5.75 Å². The van der Waals surface area contributed by atoms with Crippen LogP contribution in [0.25, 0.3) is 0 Å². The van der Waals surface area contributed by atoms with E-state index in [1.54, 1.807) is 26.8 Å². The number of aliphatic hydroxyl groups is 1. The molecule has 0 spiro atoms. The van der Waals surface area contributed by atoms with Gasteiger partial charge in [0.05, 0.1) is 11.7 Å². The minimum absolute atomic E-state index is 0.0509. The molecule has 2 aromatic rings. The van der Waals surface area contributed by atoms with Gasteiger partial charge in [-0.3, -0.25) is 4.79 Å². The summed E-state index contributed by atoms with van der Waals surface area (Å²) in [6.07, 6.45) is -1.05. The van der Waals surface area contributed by atoms with E-state index in [4.69, 9.17) is 4.42 Å². The summed E-state index contributed by atoms with van der Waals surface area (Å²) in [5.74, 6) is 0.755. The lowest BCUT2D eigenvalue weighted by atomic mass is 10.1. The molecular formula is C17H19F2NO4. The van der Waals surface area contributed by atoms with E-state index in [2.05, 4.69) is 10.1 Å². The van der Waals surface area contributed by atoms with Gasteiger partial charge in [0, 0.05) is 12.1 Å². The first-order valence-electron chi connectivity index (χ1n) is 7.37. The predicted molar refractivity (Wildman–Crippen MR) is 83.3 cm³/mol. The number of furan rings is 1. The van der Waals surface area contributed by atoms with Crippen molar-refractivity contribution in [1.82, 2.24) is 5.32 Å². The molecule has 24 heavy (non-hydrogen) atoms. The van der Waals surface area contributed by atoms with Crippen LogP contribution < -0.4 is 10.1 Å². The number of rotatable bonds is 6. The molecule has 1 aromatic heterocycles. The van der Waals surface area contributed by atoms with E-state index in [0.29, 0.717) is 22.6 Å². The Morgan fingerprint density at radius 1 is 1.29 bits per heavy atom. The Hall–Kier alpha value is -2.41. The molecule has 5 nitrogen and oxygen atoms in total. The zero-order valence-electron chi connectivity index (χ0n) is 13.6. The van der Waals surface area contributed by atoms with Gasteiger partial charge in [0.1, 0.15) is 17.3 Å². The maximum absolute atomic E-state index is 12.2. The van der Waals surface area contributed by atoms with Gasteiger partial charge in [0.25, 0.3) is 5.91 Å². The molecule has 1 aromatic carbocycles. The molecule has 0 aliphatic heterocycles. The van der Waals surface area contributed by atoms with Gasteiger partial charge in [-0.15, -0.1) is 0 Å². The zero-order chi connectivity index (χ0) is 17.9. The number of aryl methyl sites for hydroxylation is 2. The summed E-state index contributed by atoms with van der Waals surface area (Å²) >= 11 is 0. The van der Waals surface area contributed by atoms with Crippen molar-refractivity contribution in [2.45, 2.75) is 33.5 Å². The Kier molecular flexibility index (Phi) is 5.56. The first-order chi connectivity index (χ1) is 11.3. The molecular weight excluding hydrogens is 320 g/mol. The summed E-state index contributed by atoms with van der Waals surface area (Å²) in [6, 6.07) is 5.73. The van der Waals surface area contributed by atoms with Crippen LogP contribution in [0.3, 0.4) is 0 Å². The highest BCUT2D eigenvalue weighted by molar-refractivity contribution is 5.96. The maximum atomic E-state index is 12.2. The van der Waals surface area contributed by atoms with Gasteiger partial charge >= 0.3 is 6.61 Å². The van der Waals surface area contributed by atoms with Crippen LogP contribution in [-0.4, -0.2) is 24.2 Å². The second-order valence-corrected chi connectivity index (χ2v) is 5.39. The third kappa shape index (κ3) is 4.11. The lowest BCUT2D eigenvalue weighted by Gasteiger charge is -2.14. The molecule has 1 amide bonds. The van der Waals surface area contributed by atoms with E-state index in [0.717, 1.165) is 5.56 Å². The Labute approximate surface area is 138 Å². The molecule has 1 heterocycles. The zero-order valence-corrected chi connectivity index (χ0v) is 13.6. The SMILES string of the molecule is Cc1oc(C)c(C(=O)NCC(O)c2cccc(OC(F)F)c2)c1C. The molecule has 0 radical (unpaired) electrons. The van der Waals surface area contributed by atoms with Crippen LogP contribution >= 0.6 is 0 Å². The third-order valence-corrected chi connectivity index (χ3v) is 3.71. The van der Waals surface area contributed by atoms with Crippen molar-refractivity contribution in [2.24, 2.45) is 0 Å². The number of hydrogen-bond acceptors (Lipinski definition) is 4. The van der Waals surface area contributed by atoms with Gasteiger partial charge in [-0.2, -0.15) is 8.78 Å². The fourth-order valence-electron chi connectivity index (χ4n) is 2.42. The molecule has 0 saturated heterocycles. The summed E-state index contributed by atoms with van der Waals surface area (Å²) in [5.41, 5.74) is 1.55. The lowest BCUT2D eigenvalue weighted by molar-refractivity contribution is -0.0499. The predicted octanol–water partition coefficient (Wildman–Crippen LogP) is 3.27. The van der Waals surface area contributed by atoms with Crippen LogP contribution in [0.4, 0.5) is 8.78 Å². The molecule has 130 valence electrons. The standard InChI is InChI=1S/C17H19F2NO4/c1-9-10(2)23-11(3)15(9)16(22)20-8-14(21)12-5-4-6-13(7-12)24-17(18)19/h4-7,14,17,21H,8H2,1-3H3,(H,20,22). The Morgan fingerprint density at radius 2 is 2.00 bits per heavy atom. The highest BCUT2D eigenvalue weighted by Crippen LogP contribution is 2.22. The molecule has 2 N–H and O–H groups in total. The minimum Gasteiger partial charge on any atom is -0.466 e. The van der Waals surface area contributed by atoms with Gasteiger partial charge < -0.3 is 19.6 Å². The van der Waals surface area contributed by atoms with Gasteiger partial charge in [0.15, 0.2) is 0 Å². The summed E-state index contributed by atoms with van der Waals surface area (Å²) in [6.45, 7) is 2.23. The van der Waals surface area contributed by atoms with E-state index in [9.17, 15) is 18.7 Å². The van der Waals surface area contributed by atoms with Crippen LogP contribution in [0, 0.1) is 20.8 Å². The molecule has 0 aliphatic carbocycles. The number of carbonyl (C=O) groups is 1. The Morgan fingerprint density at radius 3 is 2.58 bits per heavy atom. The van der Waals surface area contributed by atoms with Crippen molar-refractivity contribution in [2.75, 3.05) is 6.54 Å². The van der Waals surface area contributed by atoms with Crippen LogP contribution in [0.5, 0.6) is 5.75 Å². The fourth-order valence-corrected chi connectivity index (χ4v) is 2.42. The van der Waals surface area contributed by atoms with Crippen molar-refractivity contribution in [1.29, 1.82) is 0 Å². The number of alkyl halides is 2. The van der Waals surface area contributed by atoms with Gasteiger partial charge in [-0.05, 0) is 38.5 Å². The summed E-state index contributed by atoms with van der Waals surface area (Å²) < 4.78 is 34.1. The van der Waals surface area contributed by atoms with Crippen molar-refractivity contribution in [3.63, 3.8) is 0 Å². The lowest BCUT2D eigenvalue weighted by Crippen LogP contribution is -2.29. The van der Waals surface area contributed by atoms with Crippen molar-refractivity contribution >= 4 is 5.91 Å². The van der Waals surface area contributed by atoms with Crippen LogP contribution in [-0.2, 0) is 0 Å². The van der Waals surface area contributed by atoms with E-state index < -0.39 is 12.7 Å². The second-order valence-electron chi connectivity index (χ2n) is 5.39. The number of amides is 1. The molecule has 0 bridgehead atoms. The second kappa shape index (κ2) is 7.44. The summed E-state index contributed by atoms with van der Waals surface area (Å²) in [4.78, 5) is 12.2. The molecule has 0 saturated carbocycles. The summed E-state index contributed by atoms with van der Waals surface area (Å²) in [7, 11) is 0. The van der Waals surface area contributed by atoms with E-state index in [-0.39, 0.29) is 18.2 Å². The van der Waals surface area contributed by atoms with Crippen LogP contribution in [0.1, 0.15) is 39.1 Å². The maximum Gasteiger partial charge on any atom is 0.387 e. The number of carbonyl (C=O) groups excluding carboxylic acids is 1. The quantitative estimate of drug-likeness (QED) is 0.847. The topological polar surface area (TPSA) is 71.7 Å². The Bertz CT molecular complexity index is 727.